The normalized spacial score (nSPS) is 11.7. The van der Waals surface area contributed by atoms with Crippen LogP contribution in [-0.2, 0) is 9.53 Å². The molecule has 0 bridgehead atoms. The van der Waals surface area contributed by atoms with Gasteiger partial charge in [0.15, 0.2) is 10.9 Å². The summed E-state index contributed by atoms with van der Waals surface area (Å²) >= 11 is 1.37. The number of amides is 1. The van der Waals surface area contributed by atoms with E-state index in [4.69, 9.17) is 4.74 Å². The zero-order chi connectivity index (χ0) is 24.2. The molecule has 2 aromatic heterocycles. The van der Waals surface area contributed by atoms with Crippen molar-refractivity contribution in [1.82, 2.24) is 9.38 Å². The third-order valence-corrected chi connectivity index (χ3v) is 5.72. The average molecular weight is 477 g/mol. The van der Waals surface area contributed by atoms with Crippen molar-refractivity contribution in [2.75, 3.05) is 11.6 Å². The molecule has 9 nitrogen and oxygen atoms in total. The number of imidazole rings is 1. The Labute approximate surface area is 198 Å². The second-order valence-corrected chi connectivity index (χ2v) is 8.14. The van der Waals surface area contributed by atoms with Crippen molar-refractivity contribution in [2.45, 2.75) is 18.2 Å². The number of fused-ring (bicyclic) bond motifs is 1. The van der Waals surface area contributed by atoms with Gasteiger partial charge in [-0.15, -0.1) is 0 Å². The molecule has 34 heavy (non-hydrogen) atoms. The number of ether oxygens (including phenoxy) is 1. The monoisotopic (exact) mass is 476 g/mol. The number of anilines is 1. The van der Waals surface area contributed by atoms with E-state index >= 15 is 0 Å². The molecule has 0 aliphatic rings. The van der Waals surface area contributed by atoms with Crippen molar-refractivity contribution >= 4 is 40.5 Å². The predicted octanol–water partition coefficient (Wildman–Crippen LogP) is 4.81. The summed E-state index contributed by atoms with van der Waals surface area (Å²) in [7, 11) is 0. The van der Waals surface area contributed by atoms with E-state index in [1.165, 1.54) is 23.9 Å². The number of hydrogen-bond acceptors (Lipinski definition) is 7. The lowest BCUT2D eigenvalue weighted by Gasteiger charge is -2.18. The number of nitro benzene ring substituents is 1. The molecule has 2 aromatic carbocycles. The maximum atomic E-state index is 13.2. The lowest BCUT2D eigenvalue weighted by molar-refractivity contribution is -0.384. The van der Waals surface area contributed by atoms with Crippen LogP contribution in [0.4, 0.5) is 11.4 Å². The van der Waals surface area contributed by atoms with Crippen molar-refractivity contribution in [3.8, 4) is 0 Å². The first-order valence-electron chi connectivity index (χ1n) is 10.2. The van der Waals surface area contributed by atoms with Crippen molar-refractivity contribution in [3.63, 3.8) is 0 Å². The number of carbonyl (C=O) groups excluding carboxylic acids is 2. The van der Waals surface area contributed by atoms with E-state index in [0.29, 0.717) is 21.8 Å². The number of aryl methyl sites for hydroxylation is 1. The molecule has 0 saturated carbocycles. The van der Waals surface area contributed by atoms with Gasteiger partial charge in [0.2, 0.25) is 6.10 Å². The number of hydrogen-bond donors (Lipinski definition) is 1. The van der Waals surface area contributed by atoms with Gasteiger partial charge < -0.3 is 10.1 Å². The smallest absolute Gasteiger partial charge is 0.360 e. The minimum Gasteiger partial charge on any atom is -0.442 e. The van der Waals surface area contributed by atoms with E-state index in [0.717, 1.165) is 0 Å². The van der Waals surface area contributed by atoms with Gasteiger partial charge in [0.05, 0.1) is 10.4 Å². The highest BCUT2D eigenvalue weighted by Crippen LogP contribution is 2.29. The lowest BCUT2D eigenvalue weighted by atomic mass is 10.1. The fourth-order valence-electron chi connectivity index (χ4n) is 3.46. The highest BCUT2D eigenvalue weighted by Gasteiger charge is 2.29. The zero-order valence-electron chi connectivity index (χ0n) is 18.3. The highest BCUT2D eigenvalue weighted by molar-refractivity contribution is 7.98. The highest BCUT2D eigenvalue weighted by atomic mass is 32.2. The molecular weight excluding hydrogens is 456 g/mol. The molecule has 4 aromatic rings. The van der Waals surface area contributed by atoms with E-state index in [9.17, 15) is 19.7 Å². The summed E-state index contributed by atoms with van der Waals surface area (Å²) in [5.41, 5.74) is 1.45. The molecule has 0 radical (unpaired) electrons. The number of rotatable bonds is 7. The topological polar surface area (TPSA) is 116 Å². The first-order valence-corrected chi connectivity index (χ1v) is 11.4. The van der Waals surface area contributed by atoms with Crippen LogP contribution < -0.4 is 5.32 Å². The van der Waals surface area contributed by atoms with Gasteiger partial charge in [-0.25, -0.2) is 9.78 Å². The third-order valence-electron chi connectivity index (χ3n) is 5.07. The van der Waals surface area contributed by atoms with E-state index in [1.807, 2.05) is 12.3 Å². The zero-order valence-corrected chi connectivity index (χ0v) is 19.1. The van der Waals surface area contributed by atoms with E-state index in [1.54, 1.807) is 66.1 Å². The van der Waals surface area contributed by atoms with Gasteiger partial charge in [-0.3, -0.25) is 19.3 Å². The number of pyridine rings is 1. The summed E-state index contributed by atoms with van der Waals surface area (Å²) in [4.78, 5) is 41.6. The SMILES string of the molecule is CSc1nc(C(=O)OC(C(=O)Nc2ccc(C)cc2[N+](=O)[O-])c2ccccc2)c2ccccn12. The minimum atomic E-state index is -1.35. The minimum absolute atomic E-state index is 0.00897. The van der Waals surface area contributed by atoms with Gasteiger partial charge >= 0.3 is 5.97 Å². The van der Waals surface area contributed by atoms with Gasteiger partial charge in [-0.2, -0.15) is 0 Å². The summed E-state index contributed by atoms with van der Waals surface area (Å²) < 4.78 is 7.40. The molecule has 172 valence electrons. The van der Waals surface area contributed by atoms with Crippen LogP contribution in [-0.4, -0.2) is 32.4 Å². The molecule has 0 fully saturated rings. The summed E-state index contributed by atoms with van der Waals surface area (Å²) in [6.07, 6.45) is 2.27. The number of carbonyl (C=O) groups is 2. The molecule has 0 saturated heterocycles. The molecule has 1 N–H and O–H groups in total. The van der Waals surface area contributed by atoms with E-state index in [2.05, 4.69) is 10.3 Å². The van der Waals surface area contributed by atoms with Crippen molar-refractivity contribution < 1.29 is 19.2 Å². The quantitative estimate of drug-likeness (QED) is 0.176. The fraction of sp³-hybridized carbons (Fsp3) is 0.125. The van der Waals surface area contributed by atoms with Crippen molar-refractivity contribution in [3.05, 3.63) is 99.9 Å². The number of aromatic nitrogens is 2. The van der Waals surface area contributed by atoms with E-state index in [-0.39, 0.29) is 17.1 Å². The van der Waals surface area contributed by atoms with Crippen LogP contribution in [0, 0.1) is 17.0 Å². The van der Waals surface area contributed by atoms with Gasteiger partial charge in [0.1, 0.15) is 5.69 Å². The molecule has 10 heteroatoms. The van der Waals surface area contributed by atoms with Crippen molar-refractivity contribution in [1.29, 1.82) is 0 Å². The molecule has 1 unspecified atom stereocenters. The van der Waals surface area contributed by atoms with E-state index < -0.39 is 22.9 Å². The average Bonchev–Trinajstić information content (AvgIpc) is 3.23. The molecular formula is C24H20N4O5S. The van der Waals surface area contributed by atoms with Crippen LogP contribution in [0.15, 0.2) is 78.1 Å². The first kappa shape index (κ1) is 23.0. The summed E-state index contributed by atoms with van der Waals surface area (Å²) in [6, 6.07) is 18.2. The Morgan fingerprint density at radius 2 is 1.85 bits per heavy atom. The van der Waals surface area contributed by atoms with Gasteiger partial charge in [0.25, 0.3) is 11.6 Å². The molecule has 1 amide bonds. The Hall–Kier alpha value is -4.18. The number of nitro groups is 1. The number of nitrogens with one attached hydrogen (secondary N) is 1. The van der Waals surface area contributed by atoms with Crippen LogP contribution in [0.3, 0.4) is 0 Å². The number of benzene rings is 2. The lowest BCUT2D eigenvalue weighted by Crippen LogP contribution is -2.26. The van der Waals surface area contributed by atoms with Crippen LogP contribution in [0.25, 0.3) is 5.52 Å². The fourth-order valence-corrected chi connectivity index (χ4v) is 4.00. The van der Waals surface area contributed by atoms with Crippen LogP contribution in [0.1, 0.15) is 27.7 Å². The van der Waals surface area contributed by atoms with Crippen LogP contribution >= 0.6 is 11.8 Å². The van der Waals surface area contributed by atoms with Crippen molar-refractivity contribution in [2.24, 2.45) is 0 Å². The predicted molar refractivity (Wildman–Crippen MR) is 128 cm³/mol. The van der Waals surface area contributed by atoms with Gasteiger partial charge in [-0.05, 0) is 36.9 Å². The van der Waals surface area contributed by atoms with Gasteiger partial charge in [0, 0.05) is 17.8 Å². The maximum Gasteiger partial charge on any atom is 0.360 e. The Bertz CT molecular complexity index is 1390. The molecule has 4 rings (SSSR count). The molecule has 0 aliphatic heterocycles. The second kappa shape index (κ2) is 9.75. The number of thioether (sulfide) groups is 1. The molecule has 1 atom stereocenters. The maximum absolute atomic E-state index is 13.2. The van der Waals surface area contributed by atoms with Crippen LogP contribution in [0.2, 0.25) is 0 Å². The van der Waals surface area contributed by atoms with Gasteiger partial charge in [-0.1, -0.05) is 54.2 Å². The summed E-state index contributed by atoms with van der Waals surface area (Å²) in [5, 5.41) is 14.6. The first-order chi connectivity index (χ1) is 16.4. The Morgan fingerprint density at radius 1 is 1.12 bits per heavy atom. The third kappa shape index (κ3) is 4.62. The Balaban J connectivity index is 1.68. The Kier molecular flexibility index (Phi) is 6.60. The van der Waals surface area contributed by atoms with Crippen LogP contribution in [0.5, 0.6) is 0 Å². The largest absolute Gasteiger partial charge is 0.442 e. The Morgan fingerprint density at radius 3 is 2.56 bits per heavy atom. The molecule has 0 spiro atoms. The molecule has 2 heterocycles. The standard InChI is InChI=1S/C24H20N4O5S/c1-15-11-12-17(19(14-15)28(31)32)25-22(29)21(16-8-4-3-5-9-16)33-23(30)20-18-10-6-7-13-27(18)24(26-20)34-2/h3-14,21H,1-2H3,(H,25,29). The summed E-state index contributed by atoms with van der Waals surface area (Å²) in [6.45, 7) is 1.71. The summed E-state index contributed by atoms with van der Waals surface area (Å²) in [5.74, 6) is -1.51. The second-order valence-electron chi connectivity index (χ2n) is 7.37. The number of nitrogens with zero attached hydrogens (tertiary/aromatic N) is 3. The number of esters is 1. The molecule has 0 aliphatic carbocycles.